The van der Waals surface area contributed by atoms with E-state index >= 15 is 0 Å². The fourth-order valence-corrected chi connectivity index (χ4v) is 13.6. The van der Waals surface area contributed by atoms with Crippen LogP contribution in [0.2, 0.25) is 0 Å². The fraction of sp³-hybridized carbons (Fsp3) is 0.375. The molecule has 712 valence electrons. The minimum Gasteiger partial charge on any atom is -0.207 e. The quantitative estimate of drug-likeness (QED) is 0.0348. The van der Waals surface area contributed by atoms with Gasteiger partial charge in [0.25, 0.3) is 0 Å². The van der Waals surface area contributed by atoms with Gasteiger partial charge in [-0.25, -0.2) is 132 Å². The molecule has 0 amide bonds. The molecule has 0 saturated heterocycles. The third kappa shape index (κ3) is 25.8. The van der Waals surface area contributed by atoms with Gasteiger partial charge in [0, 0.05) is 42.1 Å². The molecule has 0 radical (unpaired) electrons. The van der Waals surface area contributed by atoms with Gasteiger partial charge >= 0.3 is 0 Å². The normalized spacial score (nSPS) is 11.5. The molecule has 0 aliphatic rings. The van der Waals surface area contributed by atoms with E-state index in [4.69, 9.17) is 0 Å². The van der Waals surface area contributed by atoms with Crippen LogP contribution in [-0.2, 0) is 42.1 Å². The smallest absolute Gasteiger partial charge is 0.200 e. The molecular formula is C96H98B2F30Mo2-2. The first-order valence-corrected chi connectivity index (χ1v) is 41.0. The van der Waals surface area contributed by atoms with Gasteiger partial charge in [0.15, 0.2) is 105 Å². The summed E-state index contributed by atoms with van der Waals surface area (Å²) in [6.07, 6.45) is 0. The third-order valence-electron chi connectivity index (χ3n) is 21.9. The van der Waals surface area contributed by atoms with E-state index in [-0.39, 0.29) is 42.1 Å². The maximum atomic E-state index is 14.4. The predicted molar refractivity (Wildman–Crippen MR) is 444 cm³/mol. The number of hydrogen-bond donors (Lipinski definition) is 0. The third-order valence-corrected chi connectivity index (χ3v) is 21.9. The van der Waals surface area contributed by atoms with Gasteiger partial charge in [-0.15, -0.1) is 32.8 Å². The van der Waals surface area contributed by atoms with Crippen molar-refractivity contribution in [2.24, 2.45) is 0 Å². The van der Waals surface area contributed by atoms with E-state index < -0.39 is 221 Å². The summed E-state index contributed by atoms with van der Waals surface area (Å²) in [5, 5.41) is 0. The first-order valence-electron chi connectivity index (χ1n) is 41.0. The van der Waals surface area contributed by atoms with Crippen LogP contribution >= 0.6 is 0 Å². The SMILES string of the molecule is CC(C)c1cc(C(C)C)cc(C(C)C)c1.CC(C)c1cc(C(C)C)cc(C(C)C)c1.CC(C)c1cc(C(C)C)cc(C(C)C)c1.CC(C)c1cc(C(C)C)cc(C(C)C)c1.Fc1c(F)c(F)c([BH-](c2c(F)c(F)c(F)c(F)c2F)c2c(F)c(F)c(F)c(F)c2F)c(F)c1F.Fc1c(F)c(F)c([BH-](c2c(F)c(F)c(F)c(F)c2F)c2c(F)c(F)c(F)c(F)c2F)c(F)c1F.[Mo].[Mo]. The zero-order chi connectivity index (χ0) is 98.3. The minimum atomic E-state index is -5.16. The number of rotatable bonds is 18. The van der Waals surface area contributed by atoms with Crippen LogP contribution in [0.1, 0.15) is 304 Å². The van der Waals surface area contributed by atoms with Gasteiger partial charge in [-0.05, 0) is 138 Å². The van der Waals surface area contributed by atoms with Gasteiger partial charge < -0.3 is 0 Å². The summed E-state index contributed by atoms with van der Waals surface area (Å²) < 4.78 is 418. The summed E-state index contributed by atoms with van der Waals surface area (Å²) in [5.41, 5.74) is 2.15. The molecule has 0 nitrogen and oxygen atoms in total. The summed E-state index contributed by atoms with van der Waals surface area (Å²) in [6.45, 7) is 44.1. The summed E-state index contributed by atoms with van der Waals surface area (Å²) in [7, 11) is 0. The first-order chi connectivity index (χ1) is 59.0. The first kappa shape index (κ1) is 116. The molecule has 10 aromatic rings. The molecule has 0 aliphatic heterocycles. The Hall–Kier alpha value is -8.39. The molecule has 0 unspecified atom stereocenters. The van der Waals surface area contributed by atoms with Crippen LogP contribution in [0.15, 0.2) is 72.8 Å². The molecule has 0 spiro atoms. The Morgan fingerprint density at radius 1 is 0.115 bits per heavy atom. The second kappa shape index (κ2) is 48.0. The summed E-state index contributed by atoms with van der Waals surface area (Å²) in [6, 6.07) is 28.3. The maximum absolute atomic E-state index is 14.4. The van der Waals surface area contributed by atoms with Crippen molar-refractivity contribution in [3.05, 3.63) is 314 Å². The van der Waals surface area contributed by atoms with E-state index in [1.54, 1.807) is 0 Å². The van der Waals surface area contributed by atoms with E-state index in [9.17, 15) is 132 Å². The van der Waals surface area contributed by atoms with Crippen LogP contribution in [0.25, 0.3) is 0 Å². The second-order valence-electron chi connectivity index (χ2n) is 34.9. The average molecular weight is 2040 g/mol. The summed E-state index contributed by atoms with van der Waals surface area (Å²) >= 11 is 0. The van der Waals surface area contributed by atoms with Crippen molar-refractivity contribution >= 4 is 46.2 Å². The van der Waals surface area contributed by atoms with Crippen molar-refractivity contribution in [1.29, 1.82) is 0 Å². The maximum Gasteiger partial charge on any atom is 0.200 e. The molecule has 0 aromatic heterocycles. The predicted octanol–water partition coefficient (Wildman–Crippen LogP) is 28.3. The summed E-state index contributed by atoms with van der Waals surface area (Å²) in [4.78, 5) is 0. The number of hydrogen-bond acceptors (Lipinski definition) is 0. The number of halogens is 30. The van der Waals surface area contributed by atoms with Gasteiger partial charge in [-0.2, -0.15) is 0 Å². The van der Waals surface area contributed by atoms with Gasteiger partial charge in [0.05, 0.1) is 13.4 Å². The number of benzene rings is 10. The van der Waals surface area contributed by atoms with Crippen molar-refractivity contribution in [3.63, 3.8) is 0 Å². The Kier molecular flexibility index (Phi) is 42.7. The largest absolute Gasteiger partial charge is 0.207 e. The van der Waals surface area contributed by atoms with E-state index in [0.29, 0.717) is 71.0 Å². The van der Waals surface area contributed by atoms with Crippen LogP contribution in [0.3, 0.4) is 0 Å². The molecular weight excluding hydrogens is 1940 g/mol. The van der Waals surface area contributed by atoms with E-state index in [2.05, 4.69) is 239 Å². The van der Waals surface area contributed by atoms with Gasteiger partial charge in [-0.3, -0.25) is 0 Å². The van der Waals surface area contributed by atoms with Crippen molar-refractivity contribution in [2.75, 3.05) is 0 Å². The summed E-state index contributed by atoms with van der Waals surface area (Å²) in [5.74, 6) is -82.2. The monoisotopic (exact) mass is 2040 g/mol. The van der Waals surface area contributed by atoms with Crippen LogP contribution in [0.4, 0.5) is 132 Å². The Morgan fingerprint density at radius 3 is 0.223 bits per heavy atom. The molecule has 0 aliphatic carbocycles. The molecule has 0 bridgehead atoms. The van der Waals surface area contributed by atoms with Gasteiger partial charge in [0.2, 0.25) is 0 Å². The molecule has 0 fully saturated rings. The zero-order valence-electron chi connectivity index (χ0n) is 75.4. The topological polar surface area (TPSA) is 0 Å². The van der Waals surface area contributed by atoms with Gasteiger partial charge in [0.1, 0.15) is 69.8 Å². The molecule has 130 heavy (non-hydrogen) atoms. The Labute approximate surface area is 767 Å². The van der Waals surface area contributed by atoms with E-state index in [0.717, 1.165) is 0 Å². The Bertz CT molecular complexity index is 4440. The van der Waals surface area contributed by atoms with Crippen LogP contribution < -0.4 is 32.8 Å². The van der Waals surface area contributed by atoms with Crippen LogP contribution in [-0.4, -0.2) is 13.4 Å². The molecule has 0 saturated carbocycles. The van der Waals surface area contributed by atoms with Crippen LogP contribution in [0, 0.1) is 175 Å². The van der Waals surface area contributed by atoms with Crippen molar-refractivity contribution in [3.8, 4) is 0 Å². The molecule has 34 heteroatoms. The Morgan fingerprint density at radius 2 is 0.169 bits per heavy atom. The van der Waals surface area contributed by atoms with Crippen LogP contribution in [0.5, 0.6) is 0 Å². The van der Waals surface area contributed by atoms with Crippen molar-refractivity contribution in [1.82, 2.24) is 0 Å². The standard InChI is InChI=1S/2C18HBF15.4C15H24.2Mo/c2*20-4-1(5(21)11(27)16(32)10(4)26)19(2-6(22)12(28)17(33)13(29)7(2)23)3-8(24)14(30)18(34)15(31)9(3)25;4*1-10(2)13-7-14(11(3)4)9-15(8-13)12(5)6;;/h2*19H;4*7-12H,1-6H3;;/q2*-1;;;;;;. The van der Waals surface area contributed by atoms with Crippen molar-refractivity contribution in [2.45, 2.75) is 237 Å². The molecule has 10 aromatic carbocycles. The molecule has 10 rings (SSSR count). The van der Waals surface area contributed by atoms with Gasteiger partial charge in [-0.1, -0.05) is 239 Å². The average Bonchev–Trinajstić information content (AvgIpc) is 0.731. The van der Waals surface area contributed by atoms with Crippen molar-refractivity contribution < 1.29 is 174 Å². The molecule has 0 heterocycles. The fourth-order valence-electron chi connectivity index (χ4n) is 13.6. The Balaban J connectivity index is 0.000000420. The molecule has 0 atom stereocenters. The second-order valence-corrected chi connectivity index (χ2v) is 34.9. The molecule has 0 N–H and O–H groups in total. The zero-order valence-corrected chi connectivity index (χ0v) is 79.4. The van der Waals surface area contributed by atoms with E-state index in [1.165, 1.54) is 66.8 Å². The minimum absolute atomic E-state index is 0. The van der Waals surface area contributed by atoms with E-state index in [1.807, 2.05) is 0 Å².